The van der Waals surface area contributed by atoms with Crippen LogP contribution in [0.4, 0.5) is 0 Å². The van der Waals surface area contributed by atoms with Crippen LogP contribution < -0.4 is 0 Å². The van der Waals surface area contributed by atoms with Crippen molar-refractivity contribution in [1.29, 1.82) is 0 Å². The maximum absolute atomic E-state index is 13.2. The lowest BCUT2D eigenvalue weighted by Crippen LogP contribution is -2.61. The number of esters is 3. The van der Waals surface area contributed by atoms with Gasteiger partial charge >= 0.3 is 23.9 Å². The van der Waals surface area contributed by atoms with Crippen LogP contribution in [0.3, 0.4) is 0 Å². The van der Waals surface area contributed by atoms with Crippen LogP contribution in [0, 0.1) is 0 Å². The van der Waals surface area contributed by atoms with Crippen molar-refractivity contribution in [2.75, 3.05) is 13.2 Å². The summed E-state index contributed by atoms with van der Waals surface area (Å²) in [5.74, 6) is -3.19. The number of aliphatic carboxylic acids is 1. The van der Waals surface area contributed by atoms with Gasteiger partial charge in [-0.3, -0.25) is 14.4 Å². The van der Waals surface area contributed by atoms with Gasteiger partial charge in [0.15, 0.2) is 24.6 Å². The average molecular weight is 1190 g/mol. The van der Waals surface area contributed by atoms with Crippen LogP contribution >= 0.6 is 0 Å². The Labute approximate surface area is 518 Å². The van der Waals surface area contributed by atoms with E-state index < -0.39 is 67.3 Å². The molecule has 0 radical (unpaired) electrons. The number of unbranched alkanes of at least 4 members (excludes halogenated alkanes) is 31. The van der Waals surface area contributed by atoms with E-state index in [1.807, 2.05) is 12.2 Å². The second kappa shape index (κ2) is 60.2. The molecule has 1 rings (SSSR count). The summed E-state index contributed by atoms with van der Waals surface area (Å²) in [6.45, 7) is 5.89. The van der Waals surface area contributed by atoms with Crippen molar-refractivity contribution in [3.8, 4) is 0 Å². The number of carbonyl (C=O) groups excluding carboxylic acids is 3. The van der Waals surface area contributed by atoms with E-state index in [1.165, 1.54) is 161 Å². The molecule has 12 nitrogen and oxygen atoms in total. The van der Waals surface area contributed by atoms with Gasteiger partial charge in [-0.15, -0.1) is 0 Å². The third-order valence-corrected chi connectivity index (χ3v) is 15.4. The number of ether oxygens (including phenoxy) is 5. The van der Waals surface area contributed by atoms with Crippen LogP contribution in [0.15, 0.2) is 85.1 Å². The van der Waals surface area contributed by atoms with Gasteiger partial charge in [0.2, 0.25) is 0 Å². The lowest BCUT2D eigenvalue weighted by Gasteiger charge is -2.40. The molecule has 85 heavy (non-hydrogen) atoms. The fraction of sp³-hybridized carbons (Fsp3) is 0.753. The van der Waals surface area contributed by atoms with Gasteiger partial charge in [0.05, 0.1) is 6.61 Å². The summed E-state index contributed by atoms with van der Waals surface area (Å²) in [7, 11) is 0. The molecule has 0 amide bonds. The van der Waals surface area contributed by atoms with Crippen molar-refractivity contribution < 1.29 is 58.2 Å². The van der Waals surface area contributed by atoms with Crippen molar-refractivity contribution in [1.82, 2.24) is 0 Å². The topological polar surface area (TPSA) is 175 Å². The third kappa shape index (κ3) is 49.6. The second-order valence-electron chi connectivity index (χ2n) is 23.4. The quantitative estimate of drug-likeness (QED) is 0.0228. The highest BCUT2D eigenvalue weighted by molar-refractivity contribution is 5.74. The molecule has 0 aromatic heterocycles. The Morgan fingerprint density at radius 1 is 0.400 bits per heavy atom. The van der Waals surface area contributed by atoms with Crippen LogP contribution in [0.25, 0.3) is 0 Å². The number of hydrogen-bond acceptors (Lipinski definition) is 11. The first kappa shape index (κ1) is 78.9. The highest BCUT2D eigenvalue weighted by Gasteiger charge is 2.50. The highest BCUT2D eigenvalue weighted by atomic mass is 16.7. The fourth-order valence-corrected chi connectivity index (χ4v) is 10.2. The van der Waals surface area contributed by atoms with Crippen LogP contribution in [-0.4, -0.2) is 89.2 Å². The largest absolute Gasteiger partial charge is 0.479 e. The lowest BCUT2D eigenvalue weighted by atomic mass is 9.98. The standard InChI is InChI=1S/C73H124O12/c1-4-7-10-13-16-19-22-25-28-31-33-36-38-41-44-47-50-53-56-59-65(74)81-62-64(83-66(75)60-57-54-51-48-45-42-40-37-34-32-29-26-23-20-17-14-11-8-5-2)63-82-73-71(69(78)68(77)70(85-73)72(79)80)84-67(76)61-58-55-52-49-46-43-39-35-30-27-24-21-18-15-12-9-6-3/h9,12,18,21,25-30,39,43,49,52,64,68-71,73,77-78H,4-8,10-11,13-17,19-20,22-24,31-38,40-42,44-48,50-51,53-63H2,1-3H3,(H,79,80)/b12-9-,21-18-,28-25-,29-26-,30-27-,43-39-,52-49-. The Bertz CT molecular complexity index is 1800. The average Bonchev–Trinajstić information content (AvgIpc) is 2.83. The zero-order valence-electron chi connectivity index (χ0n) is 54.1. The first-order valence-corrected chi connectivity index (χ1v) is 34.6. The summed E-state index contributed by atoms with van der Waals surface area (Å²) >= 11 is 0. The zero-order valence-corrected chi connectivity index (χ0v) is 54.1. The Balaban J connectivity index is 2.67. The first-order valence-electron chi connectivity index (χ1n) is 34.6. The molecular formula is C73H124O12. The van der Waals surface area contributed by atoms with E-state index >= 15 is 0 Å². The van der Waals surface area contributed by atoms with Gasteiger partial charge in [-0.2, -0.15) is 0 Å². The Morgan fingerprint density at radius 3 is 1.18 bits per heavy atom. The van der Waals surface area contributed by atoms with Crippen LogP contribution in [0.2, 0.25) is 0 Å². The summed E-state index contributed by atoms with van der Waals surface area (Å²) in [5, 5.41) is 31.6. The van der Waals surface area contributed by atoms with Crippen molar-refractivity contribution in [2.24, 2.45) is 0 Å². The van der Waals surface area contributed by atoms with E-state index in [1.54, 1.807) is 0 Å². The van der Waals surface area contributed by atoms with Gasteiger partial charge in [-0.25, -0.2) is 4.79 Å². The van der Waals surface area contributed by atoms with E-state index in [-0.39, 0.29) is 25.9 Å². The molecule has 0 aromatic carbocycles. The van der Waals surface area contributed by atoms with Crippen molar-refractivity contribution in [2.45, 2.75) is 340 Å². The van der Waals surface area contributed by atoms with E-state index in [4.69, 9.17) is 23.7 Å². The van der Waals surface area contributed by atoms with Gasteiger partial charge < -0.3 is 39.0 Å². The second-order valence-corrected chi connectivity index (χ2v) is 23.4. The van der Waals surface area contributed by atoms with Crippen molar-refractivity contribution in [3.05, 3.63) is 85.1 Å². The SMILES string of the molecule is CC/C=C\C/C=C\C/C=C\C/C=C\C/C=C\CCCC(=O)OC1C(OCC(COC(=O)CCCCCCCCCCC/C=C\CCCCCCCC)OC(=O)CCCCCCCCCCC/C=C\CCCCCCCC)OC(C(=O)O)C(O)C1O. The molecule has 6 atom stereocenters. The molecule has 1 aliphatic rings. The summed E-state index contributed by atoms with van der Waals surface area (Å²) in [6.07, 6.45) is 66.9. The van der Waals surface area contributed by atoms with Crippen LogP contribution in [0.5, 0.6) is 0 Å². The number of carbonyl (C=O) groups is 4. The molecule has 0 spiro atoms. The summed E-state index contributed by atoms with van der Waals surface area (Å²) in [6, 6.07) is 0. The highest BCUT2D eigenvalue weighted by Crippen LogP contribution is 2.27. The van der Waals surface area contributed by atoms with Gasteiger partial charge in [-0.1, -0.05) is 260 Å². The van der Waals surface area contributed by atoms with Gasteiger partial charge in [-0.05, 0) is 109 Å². The summed E-state index contributed by atoms with van der Waals surface area (Å²) in [4.78, 5) is 51.4. The number of aliphatic hydroxyl groups is 2. The third-order valence-electron chi connectivity index (χ3n) is 15.4. The molecule has 1 heterocycles. The van der Waals surface area contributed by atoms with Crippen LogP contribution in [0.1, 0.15) is 303 Å². The number of hydrogen-bond donors (Lipinski definition) is 3. The fourth-order valence-electron chi connectivity index (χ4n) is 10.2. The number of carboxylic acid groups (broad SMARTS) is 1. The molecule has 488 valence electrons. The maximum atomic E-state index is 13.2. The normalized spacial score (nSPS) is 18.0. The van der Waals surface area contributed by atoms with E-state index in [9.17, 15) is 34.5 Å². The maximum Gasteiger partial charge on any atom is 0.335 e. The molecule has 3 N–H and O–H groups in total. The molecule has 0 saturated carbocycles. The summed E-state index contributed by atoms with van der Waals surface area (Å²) < 4.78 is 28.5. The van der Waals surface area contributed by atoms with Crippen molar-refractivity contribution in [3.63, 3.8) is 0 Å². The summed E-state index contributed by atoms with van der Waals surface area (Å²) in [5.41, 5.74) is 0. The number of carboxylic acids is 1. The number of rotatable bonds is 59. The molecule has 1 fully saturated rings. The van der Waals surface area contributed by atoms with Crippen molar-refractivity contribution >= 4 is 23.9 Å². The Morgan fingerprint density at radius 2 is 0.753 bits per heavy atom. The minimum Gasteiger partial charge on any atom is -0.479 e. The Hall–Kier alpha value is -4.10. The van der Waals surface area contributed by atoms with E-state index in [0.717, 1.165) is 77.0 Å². The zero-order chi connectivity index (χ0) is 61.7. The van der Waals surface area contributed by atoms with Gasteiger partial charge in [0.25, 0.3) is 0 Å². The monoisotopic (exact) mass is 1190 g/mol. The van der Waals surface area contributed by atoms with E-state index in [2.05, 4.69) is 93.7 Å². The molecule has 1 aliphatic heterocycles. The number of aliphatic hydroxyl groups excluding tert-OH is 2. The molecule has 12 heteroatoms. The van der Waals surface area contributed by atoms with Gasteiger partial charge in [0.1, 0.15) is 18.8 Å². The molecule has 0 aromatic rings. The predicted octanol–water partition coefficient (Wildman–Crippen LogP) is 19.0. The molecule has 0 bridgehead atoms. The van der Waals surface area contributed by atoms with Crippen LogP contribution in [-0.2, 0) is 42.9 Å². The molecule has 0 aliphatic carbocycles. The first-order chi connectivity index (χ1) is 41.6. The molecular weight excluding hydrogens is 1070 g/mol. The van der Waals surface area contributed by atoms with Gasteiger partial charge in [0, 0.05) is 19.3 Å². The number of allylic oxidation sites excluding steroid dienone is 14. The molecule has 1 saturated heterocycles. The Kier molecular flexibility index (Phi) is 55.9. The van der Waals surface area contributed by atoms with E-state index in [0.29, 0.717) is 25.7 Å². The lowest BCUT2D eigenvalue weighted by molar-refractivity contribution is -0.301. The minimum atomic E-state index is -1.93. The molecule has 6 unspecified atom stereocenters. The predicted molar refractivity (Wildman–Crippen MR) is 349 cm³/mol. The minimum absolute atomic E-state index is 0.0198. The smallest absolute Gasteiger partial charge is 0.335 e.